The minimum Gasteiger partial charge on any atom is -0.334 e. The first-order chi connectivity index (χ1) is 14.6. The fourth-order valence-electron chi connectivity index (χ4n) is 3.49. The molecule has 0 saturated carbocycles. The molecule has 6 heteroatoms. The number of nitrogens with one attached hydrogen (secondary N) is 1. The van der Waals surface area contributed by atoms with Crippen LogP contribution in [0.15, 0.2) is 66.1 Å². The van der Waals surface area contributed by atoms with Gasteiger partial charge < -0.3 is 10.2 Å². The molecule has 2 amide bonds. The van der Waals surface area contributed by atoms with Crippen molar-refractivity contribution in [1.29, 1.82) is 0 Å². The maximum atomic E-state index is 13.8. The summed E-state index contributed by atoms with van der Waals surface area (Å²) < 4.78 is 13.8. The molecule has 0 spiro atoms. The van der Waals surface area contributed by atoms with Crippen LogP contribution in [-0.2, 0) is 29.0 Å². The van der Waals surface area contributed by atoms with Gasteiger partial charge in [-0.3, -0.25) is 9.59 Å². The SMILES string of the molecule is O=C(Cc1ccccc1F)Nc1ccc2c(c1)CN(C(=O)/C=C/c1cccs1)CC2. The highest BCUT2D eigenvalue weighted by Gasteiger charge is 2.20. The molecule has 1 aliphatic rings. The van der Waals surface area contributed by atoms with Gasteiger partial charge in [-0.25, -0.2) is 4.39 Å². The van der Waals surface area contributed by atoms with Gasteiger partial charge in [-0.2, -0.15) is 0 Å². The molecule has 0 aliphatic carbocycles. The highest BCUT2D eigenvalue weighted by molar-refractivity contribution is 7.10. The highest BCUT2D eigenvalue weighted by atomic mass is 32.1. The first-order valence-electron chi connectivity index (χ1n) is 9.74. The standard InChI is InChI=1S/C24H21FN2O2S/c25-22-6-2-1-4-18(22)15-23(28)26-20-8-7-17-11-12-27(16-19(17)14-20)24(29)10-9-21-5-3-13-30-21/h1-10,13-14H,11-12,15-16H2,(H,26,28)/b10-9+. The second-order valence-electron chi connectivity index (χ2n) is 7.16. The molecule has 0 bridgehead atoms. The van der Waals surface area contributed by atoms with E-state index in [1.807, 2.05) is 41.8 Å². The molecule has 1 aromatic heterocycles. The van der Waals surface area contributed by atoms with Crippen molar-refractivity contribution in [2.75, 3.05) is 11.9 Å². The van der Waals surface area contributed by atoms with Crippen LogP contribution in [-0.4, -0.2) is 23.3 Å². The van der Waals surface area contributed by atoms with Crippen molar-refractivity contribution in [2.45, 2.75) is 19.4 Å². The number of thiophene rings is 1. The summed E-state index contributed by atoms with van der Waals surface area (Å²) in [5.74, 6) is -0.687. The number of anilines is 1. The van der Waals surface area contributed by atoms with Crippen LogP contribution < -0.4 is 5.32 Å². The van der Waals surface area contributed by atoms with Crippen LogP contribution in [0.25, 0.3) is 6.08 Å². The lowest BCUT2D eigenvalue weighted by Crippen LogP contribution is -2.34. The van der Waals surface area contributed by atoms with Gasteiger partial charge in [-0.1, -0.05) is 30.3 Å². The van der Waals surface area contributed by atoms with E-state index >= 15 is 0 Å². The second kappa shape index (κ2) is 9.05. The van der Waals surface area contributed by atoms with E-state index in [4.69, 9.17) is 0 Å². The zero-order chi connectivity index (χ0) is 20.9. The summed E-state index contributed by atoms with van der Waals surface area (Å²) in [6.07, 6.45) is 4.19. The van der Waals surface area contributed by atoms with Crippen LogP contribution in [0.4, 0.5) is 10.1 Å². The summed E-state index contributed by atoms with van der Waals surface area (Å²) in [5, 5.41) is 4.81. The fourth-order valence-corrected chi connectivity index (χ4v) is 4.11. The number of benzene rings is 2. The van der Waals surface area contributed by atoms with Crippen LogP contribution in [0.3, 0.4) is 0 Å². The number of rotatable bonds is 5. The Labute approximate surface area is 178 Å². The van der Waals surface area contributed by atoms with Crippen LogP contribution in [0.5, 0.6) is 0 Å². The third-order valence-electron chi connectivity index (χ3n) is 5.06. The average Bonchev–Trinajstić information content (AvgIpc) is 3.27. The van der Waals surface area contributed by atoms with E-state index < -0.39 is 0 Å². The number of carbonyl (C=O) groups is 2. The van der Waals surface area contributed by atoms with Gasteiger partial charge in [0.2, 0.25) is 11.8 Å². The van der Waals surface area contributed by atoms with Crippen LogP contribution in [0, 0.1) is 5.82 Å². The van der Waals surface area contributed by atoms with E-state index in [0.717, 1.165) is 16.9 Å². The minimum atomic E-state index is -0.386. The molecule has 0 atom stereocenters. The van der Waals surface area contributed by atoms with Gasteiger partial charge in [0.25, 0.3) is 0 Å². The average molecular weight is 421 g/mol. The van der Waals surface area contributed by atoms with Gasteiger partial charge in [0.05, 0.1) is 6.42 Å². The van der Waals surface area contributed by atoms with Crippen LogP contribution >= 0.6 is 11.3 Å². The summed E-state index contributed by atoms with van der Waals surface area (Å²) in [6.45, 7) is 1.17. The van der Waals surface area contributed by atoms with Gasteiger partial charge in [0, 0.05) is 29.7 Å². The molecule has 1 N–H and O–H groups in total. The Morgan fingerprint density at radius 3 is 2.77 bits per heavy atom. The first-order valence-corrected chi connectivity index (χ1v) is 10.6. The minimum absolute atomic E-state index is 0.0250. The van der Waals surface area contributed by atoms with E-state index in [1.165, 1.54) is 11.6 Å². The molecule has 0 unspecified atom stereocenters. The highest BCUT2D eigenvalue weighted by Crippen LogP contribution is 2.23. The van der Waals surface area contributed by atoms with Gasteiger partial charge >= 0.3 is 0 Å². The molecule has 0 radical (unpaired) electrons. The molecule has 2 heterocycles. The zero-order valence-electron chi connectivity index (χ0n) is 16.3. The quantitative estimate of drug-likeness (QED) is 0.610. The van der Waals surface area contributed by atoms with E-state index in [9.17, 15) is 14.0 Å². The Morgan fingerprint density at radius 1 is 1.10 bits per heavy atom. The van der Waals surface area contributed by atoms with Crippen molar-refractivity contribution in [3.63, 3.8) is 0 Å². The first kappa shape index (κ1) is 20.0. The molecule has 2 aromatic carbocycles. The summed E-state index contributed by atoms with van der Waals surface area (Å²) in [4.78, 5) is 27.7. The number of amides is 2. The second-order valence-corrected chi connectivity index (χ2v) is 8.14. The largest absolute Gasteiger partial charge is 0.334 e. The number of hydrogen-bond donors (Lipinski definition) is 1. The number of nitrogens with zero attached hydrogens (tertiary/aromatic N) is 1. The molecule has 3 aromatic rings. The lowest BCUT2D eigenvalue weighted by molar-refractivity contribution is -0.126. The predicted octanol–water partition coefficient (Wildman–Crippen LogP) is 4.67. The van der Waals surface area contributed by atoms with E-state index in [1.54, 1.807) is 40.5 Å². The Hall–Kier alpha value is -3.25. The van der Waals surface area contributed by atoms with Crippen molar-refractivity contribution in [1.82, 2.24) is 4.90 Å². The van der Waals surface area contributed by atoms with Crippen LogP contribution in [0.2, 0.25) is 0 Å². The van der Waals surface area contributed by atoms with Crippen molar-refractivity contribution >= 4 is 34.9 Å². The Balaban J connectivity index is 1.41. The van der Waals surface area contributed by atoms with E-state index in [0.29, 0.717) is 24.3 Å². The number of hydrogen-bond acceptors (Lipinski definition) is 3. The Morgan fingerprint density at radius 2 is 1.97 bits per heavy atom. The molecule has 4 rings (SSSR count). The third kappa shape index (κ3) is 4.83. The molecule has 0 saturated heterocycles. The zero-order valence-corrected chi connectivity index (χ0v) is 17.1. The third-order valence-corrected chi connectivity index (χ3v) is 5.89. The molecule has 4 nitrogen and oxygen atoms in total. The van der Waals surface area contributed by atoms with Crippen molar-refractivity contribution < 1.29 is 14.0 Å². The fraction of sp³-hybridized carbons (Fsp3) is 0.167. The summed E-state index contributed by atoms with van der Waals surface area (Å²) >= 11 is 1.59. The number of fused-ring (bicyclic) bond motifs is 1. The molecule has 152 valence electrons. The Kier molecular flexibility index (Phi) is 6.05. The maximum absolute atomic E-state index is 13.8. The van der Waals surface area contributed by atoms with E-state index in [-0.39, 0.29) is 24.1 Å². The normalized spacial score (nSPS) is 13.3. The monoisotopic (exact) mass is 420 g/mol. The van der Waals surface area contributed by atoms with Crippen molar-refractivity contribution in [3.05, 3.63) is 93.4 Å². The van der Waals surface area contributed by atoms with Crippen molar-refractivity contribution in [2.24, 2.45) is 0 Å². The van der Waals surface area contributed by atoms with Gasteiger partial charge in [0.15, 0.2) is 0 Å². The molecule has 0 fully saturated rings. The number of halogens is 1. The predicted molar refractivity (Wildman–Crippen MR) is 118 cm³/mol. The van der Waals surface area contributed by atoms with Gasteiger partial charge in [0.1, 0.15) is 5.82 Å². The summed E-state index contributed by atoms with van der Waals surface area (Å²) in [6, 6.07) is 15.9. The molecule has 1 aliphatic heterocycles. The smallest absolute Gasteiger partial charge is 0.246 e. The molecular weight excluding hydrogens is 399 g/mol. The van der Waals surface area contributed by atoms with Gasteiger partial charge in [-0.05, 0) is 58.8 Å². The molecule has 30 heavy (non-hydrogen) atoms. The van der Waals surface area contributed by atoms with E-state index in [2.05, 4.69) is 5.32 Å². The van der Waals surface area contributed by atoms with Crippen LogP contribution in [0.1, 0.15) is 21.6 Å². The number of carbonyl (C=O) groups excluding carboxylic acids is 2. The Bertz CT molecular complexity index is 1090. The lowest BCUT2D eigenvalue weighted by atomic mass is 9.99. The summed E-state index contributed by atoms with van der Waals surface area (Å²) in [7, 11) is 0. The summed E-state index contributed by atoms with van der Waals surface area (Å²) in [5.41, 5.74) is 3.21. The topological polar surface area (TPSA) is 49.4 Å². The van der Waals surface area contributed by atoms with Gasteiger partial charge in [-0.15, -0.1) is 11.3 Å². The lowest BCUT2D eigenvalue weighted by Gasteiger charge is -2.28. The molecular formula is C24H21FN2O2S. The maximum Gasteiger partial charge on any atom is 0.246 e. The van der Waals surface area contributed by atoms with Crippen molar-refractivity contribution in [3.8, 4) is 0 Å².